The smallest absolute Gasteiger partial charge is 0.308 e. The van der Waals surface area contributed by atoms with Crippen LogP contribution >= 0.6 is 23.2 Å². The van der Waals surface area contributed by atoms with Crippen molar-refractivity contribution in [1.82, 2.24) is 14.9 Å². The number of fused-ring (bicyclic) bond motifs is 2. The molecule has 0 N–H and O–H groups in total. The number of halogens is 2. The van der Waals surface area contributed by atoms with E-state index in [1.807, 2.05) is 0 Å². The van der Waals surface area contributed by atoms with E-state index < -0.39 is 23.8 Å². The zero-order valence-corrected chi connectivity index (χ0v) is 18.2. The molecule has 2 amide bonds. The number of nitrogens with zero attached hydrogens (tertiary/aromatic N) is 3. The molecule has 3 aromatic rings. The van der Waals surface area contributed by atoms with Gasteiger partial charge in [-0.05, 0) is 17.7 Å². The van der Waals surface area contributed by atoms with Gasteiger partial charge in [0.05, 0.1) is 16.6 Å². The van der Waals surface area contributed by atoms with Gasteiger partial charge in [0.25, 0.3) is 11.8 Å². The normalized spacial score (nSPS) is 12.8. The van der Waals surface area contributed by atoms with Crippen molar-refractivity contribution >= 4 is 58.0 Å². The Morgan fingerprint density at radius 3 is 1.81 bits per heavy atom. The fourth-order valence-electron chi connectivity index (χ4n) is 3.35. The van der Waals surface area contributed by atoms with Crippen LogP contribution in [0.1, 0.15) is 40.1 Å². The molecule has 0 saturated heterocycles. The van der Waals surface area contributed by atoms with E-state index in [4.69, 9.17) is 32.7 Å². The zero-order valence-electron chi connectivity index (χ0n) is 16.6. The van der Waals surface area contributed by atoms with E-state index in [-0.39, 0.29) is 45.2 Å². The van der Waals surface area contributed by atoms with E-state index >= 15 is 0 Å². The molecular formula is C21H13Cl2N3O6. The number of hydrogen-bond acceptors (Lipinski definition) is 8. The van der Waals surface area contributed by atoms with E-state index in [1.165, 1.54) is 24.5 Å². The third-order valence-corrected chi connectivity index (χ3v) is 5.31. The van der Waals surface area contributed by atoms with Crippen LogP contribution in [0.25, 0.3) is 11.0 Å². The summed E-state index contributed by atoms with van der Waals surface area (Å²) in [6, 6.07) is 4.67. The van der Waals surface area contributed by atoms with Gasteiger partial charge in [0, 0.05) is 26.2 Å². The maximum Gasteiger partial charge on any atom is 0.308 e. The van der Waals surface area contributed by atoms with Crippen molar-refractivity contribution in [2.45, 2.75) is 20.4 Å². The van der Waals surface area contributed by atoms with Gasteiger partial charge in [-0.25, -0.2) is 9.97 Å². The summed E-state index contributed by atoms with van der Waals surface area (Å²) in [7, 11) is 0. The highest BCUT2D eigenvalue weighted by molar-refractivity contribution is 6.42. The predicted octanol–water partition coefficient (Wildman–Crippen LogP) is 3.58. The van der Waals surface area contributed by atoms with Gasteiger partial charge in [0.1, 0.15) is 22.2 Å². The number of rotatable bonds is 4. The Kier molecular flexibility index (Phi) is 5.53. The summed E-state index contributed by atoms with van der Waals surface area (Å²) in [4.78, 5) is 59.3. The van der Waals surface area contributed by atoms with E-state index in [1.54, 1.807) is 6.07 Å². The lowest BCUT2D eigenvalue weighted by Gasteiger charge is -2.14. The molecular weight excluding hydrogens is 461 g/mol. The minimum Gasteiger partial charge on any atom is -0.423 e. The molecule has 2 aromatic carbocycles. The molecule has 1 aliphatic heterocycles. The van der Waals surface area contributed by atoms with Crippen LogP contribution in [-0.2, 0) is 16.1 Å². The monoisotopic (exact) mass is 473 g/mol. The standard InChI is InChI=1S/C21H13Cl2N3O6/c1-9(27)31-18-14-15(19(32-10(2)28)17-16(18)24-5-6-25-17)21(30)26(20(14)29)8-11-3-4-12(22)13(23)7-11/h3-7H,8H2,1-2H3. The summed E-state index contributed by atoms with van der Waals surface area (Å²) < 4.78 is 10.5. The van der Waals surface area contributed by atoms with Crippen molar-refractivity contribution in [3.05, 3.63) is 57.3 Å². The van der Waals surface area contributed by atoms with Crippen molar-refractivity contribution in [1.29, 1.82) is 0 Å². The highest BCUT2D eigenvalue weighted by Crippen LogP contribution is 2.44. The number of hydrogen-bond donors (Lipinski definition) is 0. The molecule has 11 heteroatoms. The number of carbonyl (C=O) groups is 4. The molecule has 9 nitrogen and oxygen atoms in total. The van der Waals surface area contributed by atoms with Crippen molar-refractivity contribution in [3.63, 3.8) is 0 Å². The number of ether oxygens (including phenoxy) is 2. The van der Waals surface area contributed by atoms with Gasteiger partial charge in [-0.1, -0.05) is 29.3 Å². The second-order valence-electron chi connectivity index (χ2n) is 6.79. The highest BCUT2D eigenvalue weighted by Gasteiger charge is 2.44. The maximum atomic E-state index is 13.3. The van der Waals surface area contributed by atoms with Gasteiger partial charge in [-0.3, -0.25) is 24.1 Å². The quantitative estimate of drug-likeness (QED) is 0.320. The first kappa shape index (κ1) is 21.7. The molecule has 0 fully saturated rings. The van der Waals surface area contributed by atoms with Crippen molar-refractivity contribution in [2.75, 3.05) is 0 Å². The Morgan fingerprint density at radius 1 is 0.875 bits per heavy atom. The number of aromatic nitrogens is 2. The Balaban J connectivity index is 1.94. The lowest BCUT2D eigenvalue weighted by molar-refractivity contribution is -0.133. The van der Waals surface area contributed by atoms with Gasteiger partial charge in [0.2, 0.25) is 0 Å². The summed E-state index contributed by atoms with van der Waals surface area (Å²) in [5.74, 6) is -3.45. The number of carbonyl (C=O) groups excluding carboxylic acids is 4. The number of esters is 2. The fraction of sp³-hybridized carbons (Fsp3) is 0.143. The van der Waals surface area contributed by atoms with E-state index in [9.17, 15) is 19.2 Å². The molecule has 162 valence electrons. The summed E-state index contributed by atoms with van der Waals surface area (Å²) in [6.07, 6.45) is 2.63. The van der Waals surface area contributed by atoms with Crippen LogP contribution in [0.4, 0.5) is 0 Å². The molecule has 0 bridgehead atoms. The van der Waals surface area contributed by atoms with Crippen LogP contribution in [0.3, 0.4) is 0 Å². The molecule has 4 rings (SSSR count). The lowest BCUT2D eigenvalue weighted by Crippen LogP contribution is -2.29. The minimum absolute atomic E-state index is 0.00441. The summed E-state index contributed by atoms with van der Waals surface area (Å²) in [5, 5.41) is 0.566. The Morgan fingerprint density at radius 2 is 1.38 bits per heavy atom. The lowest BCUT2D eigenvalue weighted by atomic mass is 10.0. The van der Waals surface area contributed by atoms with Crippen LogP contribution < -0.4 is 9.47 Å². The average molecular weight is 474 g/mol. The molecule has 1 aromatic heterocycles. The van der Waals surface area contributed by atoms with Crippen molar-refractivity contribution in [2.24, 2.45) is 0 Å². The largest absolute Gasteiger partial charge is 0.423 e. The van der Waals surface area contributed by atoms with Gasteiger partial charge in [-0.2, -0.15) is 0 Å². The minimum atomic E-state index is -0.756. The van der Waals surface area contributed by atoms with Gasteiger partial charge in [-0.15, -0.1) is 0 Å². The predicted molar refractivity (Wildman–Crippen MR) is 113 cm³/mol. The number of amides is 2. The third-order valence-electron chi connectivity index (χ3n) is 4.57. The number of benzene rings is 2. The maximum absolute atomic E-state index is 13.3. The molecule has 1 aliphatic rings. The topological polar surface area (TPSA) is 116 Å². The van der Waals surface area contributed by atoms with Gasteiger partial charge >= 0.3 is 11.9 Å². The Bertz CT molecular complexity index is 1270. The fourth-order valence-corrected chi connectivity index (χ4v) is 3.68. The van der Waals surface area contributed by atoms with Crippen LogP contribution in [0.5, 0.6) is 11.5 Å². The van der Waals surface area contributed by atoms with E-state index in [0.717, 1.165) is 18.7 Å². The molecule has 0 spiro atoms. The SMILES string of the molecule is CC(=O)Oc1c2c(c(OC(C)=O)c3nccnc13)C(=O)N(Cc1ccc(Cl)c(Cl)c1)C2=O. The Labute approximate surface area is 190 Å². The first-order chi connectivity index (χ1) is 15.2. The first-order valence-corrected chi connectivity index (χ1v) is 9.92. The van der Waals surface area contributed by atoms with Crippen molar-refractivity contribution in [3.8, 4) is 11.5 Å². The number of imide groups is 1. The highest BCUT2D eigenvalue weighted by atomic mass is 35.5. The van der Waals surface area contributed by atoms with Gasteiger partial charge in [0.15, 0.2) is 11.5 Å². The second kappa shape index (κ2) is 8.18. The average Bonchev–Trinajstić information content (AvgIpc) is 2.97. The summed E-state index contributed by atoms with van der Waals surface area (Å²) in [6.45, 7) is 2.13. The molecule has 0 aliphatic carbocycles. The van der Waals surface area contributed by atoms with Crippen LogP contribution in [-0.4, -0.2) is 38.6 Å². The molecule has 0 atom stereocenters. The molecule has 32 heavy (non-hydrogen) atoms. The third kappa shape index (κ3) is 3.65. The van der Waals surface area contributed by atoms with Crippen LogP contribution in [0, 0.1) is 0 Å². The van der Waals surface area contributed by atoms with Crippen molar-refractivity contribution < 1.29 is 28.7 Å². The molecule has 0 saturated carbocycles. The Hall–Kier alpha value is -3.56. The summed E-state index contributed by atoms with van der Waals surface area (Å²) in [5.41, 5.74) is 0.0345. The molecule has 0 unspecified atom stereocenters. The van der Waals surface area contributed by atoms with Gasteiger partial charge < -0.3 is 9.47 Å². The van der Waals surface area contributed by atoms with Crippen LogP contribution in [0.2, 0.25) is 10.0 Å². The zero-order chi connectivity index (χ0) is 23.2. The first-order valence-electron chi connectivity index (χ1n) is 9.16. The second-order valence-corrected chi connectivity index (χ2v) is 7.61. The van der Waals surface area contributed by atoms with Crippen LogP contribution in [0.15, 0.2) is 30.6 Å². The van der Waals surface area contributed by atoms with E-state index in [0.29, 0.717) is 10.6 Å². The molecule has 0 radical (unpaired) electrons. The summed E-state index contributed by atoms with van der Waals surface area (Å²) >= 11 is 12.0. The van der Waals surface area contributed by atoms with E-state index in [2.05, 4.69) is 9.97 Å². The molecule has 2 heterocycles.